The number of methoxy groups -OCH3 is 2. The lowest BCUT2D eigenvalue weighted by molar-refractivity contribution is 0.145. The molecule has 0 aliphatic carbocycles. The molecular formula is C27H33Cl2N5O3. The van der Waals surface area contributed by atoms with E-state index in [1.807, 2.05) is 0 Å². The van der Waals surface area contributed by atoms with Crippen molar-refractivity contribution in [2.45, 2.75) is 13.3 Å². The topological polar surface area (TPSA) is 82.3 Å². The largest absolute Gasteiger partial charge is 0.495 e. The maximum atomic E-state index is 9.73. The van der Waals surface area contributed by atoms with Gasteiger partial charge in [0.1, 0.15) is 5.75 Å². The molecular weight excluding hydrogens is 513 g/mol. The first-order valence-corrected chi connectivity index (χ1v) is 12.7. The molecule has 1 aliphatic heterocycles. The van der Waals surface area contributed by atoms with Crippen molar-refractivity contribution in [3.8, 4) is 23.3 Å². The van der Waals surface area contributed by atoms with Crippen molar-refractivity contribution in [2.24, 2.45) is 4.99 Å². The van der Waals surface area contributed by atoms with Crippen LogP contribution in [0.2, 0.25) is 10.0 Å². The number of nitrogens with zero attached hydrogens (tertiary/aromatic N) is 4. The van der Waals surface area contributed by atoms with E-state index in [2.05, 4.69) is 39.9 Å². The van der Waals surface area contributed by atoms with Gasteiger partial charge in [0.2, 0.25) is 0 Å². The molecule has 0 spiro atoms. The Kier molecular flexibility index (Phi) is 10.5. The molecule has 1 fully saturated rings. The summed E-state index contributed by atoms with van der Waals surface area (Å²) in [5.74, 6) is 1.53. The zero-order valence-corrected chi connectivity index (χ0v) is 23.2. The number of allylic oxidation sites excluding steroid dienone is 1. The van der Waals surface area contributed by atoms with Gasteiger partial charge in [0, 0.05) is 50.4 Å². The fraction of sp³-hybridized carbons (Fsp3) is 0.407. The van der Waals surface area contributed by atoms with E-state index in [-0.39, 0.29) is 0 Å². The Hall–Kier alpha value is -2.96. The summed E-state index contributed by atoms with van der Waals surface area (Å²) in [6.07, 6.45) is 0.891. The predicted molar refractivity (Wildman–Crippen MR) is 151 cm³/mol. The number of piperazine rings is 1. The maximum Gasteiger partial charge on any atom is 0.163 e. The van der Waals surface area contributed by atoms with Crippen molar-refractivity contribution in [3.63, 3.8) is 0 Å². The number of benzene rings is 2. The van der Waals surface area contributed by atoms with Gasteiger partial charge in [-0.3, -0.25) is 4.99 Å². The predicted octanol–water partition coefficient (Wildman–Crippen LogP) is 5.73. The summed E-state index contributed by atoms with van der Waals surface area (Å²) in [6.45, 7) is 11.3. The number of aliphatic imine (C=N–C) groups is 1. The van der Waals surface area contributed by atoms with Gasteiger partial charge in [-0.1, -0.05) is 23.2 Å². The fourth-order valence-corrected chi connectivity index (χ4v) is 4.54. The van der Waals surface area contributed by atoms with E-state index in [1.165, 1.54) is 7.11 Å². The van der Waals surface area contributed by atoms with Crippen LogP contribution in [0.5, 0.6) is 17.2 Å². The Bertz CT molecular complexity index is 1190. The van der Waals surface area contributed by atoms with Gasteiger partial charge in [0.25, 0.3) is 0 Å². The summed E-state index contributed by atoms with van der Waals surface area (Å²) in [4.78, 5) is 8.99. The third-order valence-electron chi connectivity index (χ3n) is 6.24. The van der Waals surface area contributed by atoms with Crippen molar-refractivity contribution < 1.29 is 14.2 Å². The second-order valence-corrected chi connectivity index (χ2v) is 9.54. The minimum atomic E-state index is 0.370. The highest BCUT2D eigenvalue weighted by atomic mass is 35.5. The van der Waals surface area contributed by atoms with Crippen LogP contribution in [-0.4, -0.2) is 77.1 Å². The average molecular weight is 546 g/mol. The third kappa shape index (κ3) is 7.30. The van der Waals surface area contributed by atoms with Gasteiger partial charge in [-0.2, -0.15) is 5.26 Å². The molecule has 8 nitrogen and oxygen atoms in total. The number of halogens is 2. The minimum Gasteiger partial charge on any atom is -0.495 e. The summed E-state index contributed by atoms with van der Waals surface area (Å²) in [5, 5.41) is 13.7. The van der Waals surface area contributed by atoms with E-state index in [0.717, 1.165) is 39.1 Å². The molecule has 2 aromatic carbocycles. The quantitative estimate of drug-likeness (QED) is 0.219. The molecule has 1 aliphatic rings. The van der Waals surface area contributed by atoms with Gasteiger partial charge in [-0.25, -0.2) is 0 Å². The zero-order valence-electron chi connectivity index (χ0n) is 21.7. The molecule has 2 aromatic rings. The van der Waals surface area contributed by atoms with E-state index < -0.39 is 0 Å². The summed E-state index contributed by atoms with van der Waals surface area (Å²) in [7, 11) is 5.24. The molecule has 0 atom stereocenters. The SMILES string of the molecule is C=Nc1cc(OCCCN2CCN(C)CC2)c(OC)cc1/C(Nc1cc(OC)c(Cl)cc1Cl)=C(\C)C#N. The van der Waals surface area contributed by atoms with Crippen LogP contribution in [0.4, 0.5) is 11.4 Å². The Morgan fingerprint density at radius 3 is 2.38 bits per heavy atom. The lowest BCUT2D eigenvalue weighted by Crippen LogP contribution is -2.44. The number of ether oxygens (including phenoxy) is 3. The van der Waals surface area contributed by atoms with E-state index >= 15 is 0 Å². The molecule has 1 heterocycles. The summed E-state index contributed by atoms with van der Waals surface area (Å²) >= 11 is 12.6. The van der Waals surface area contributed by atoms with Gasteiger partial charge in [-0.15, -0.1) is 0 Å². The van der Waals surface area contributed by atoms with Gasteiger partial charge in [0.15, 0.2) is 11.5 Å². The van der Waals surface area contributed by atoms with Crippen LogP contribution in [0.25, 0.3) is 5.70 Å². The van der Waals surface area contributed by atoms with Gasteiger partial charge in [-0.05, 0) is 39.2 Å². The van der Waals surface area contributed by atoms with E-state index in [0.29, 0.717) is 62.1 Å². The lowest BCUT2D eigenvalue weighted by atomic mass is 10.0. The van der Waals surface area contributed by atoms with Crippen LogP contribution in [-0.2, 0) is 0 Å². The van der Waals surface area contributed by atoms with Gasteiger partial charge >= 0.3 is 0 Å². The van der Waals surface area contributed by atoms with Crippen LogP contribution < -0.4 is 19.5 Å². The number of hydrogen-bond acceptors (Lipinski definition) is 8. The molecule has 1 N–H and O–H groups in total. The minimum absolute atomic E-state index is 0.370. The molecule has 3 rings (SSSR count). The van der Waals surface area contributed by atoms with Gasteiger partial charge < -0.3 is 29.3 Å². The smallest absolute Gasteiger partial charge is 0.163 e. The van der Waals surface area contributed by atoms with Crippen LogP contribution in [0.3, 0.4) is 0 Å². The Labute approximate surface area is 229 Å². The third-order valence-corrected chi connectivity index (χ3v) is 6.85. The summed E-state index contributed by atoms with van der Waals surface area (Å²) in [5.41, 5.74) is 2.57. The molecule has 198 valence electrons. The Morgan fingerprint density at radius 1 is 1.05 bits per heavy atom. The molecule has 0 bridgehead atoms. The number of anilines is 1. The van der Waals surface area contributed by atoms with Crippen LogP contribution >= 0.6 is 23.2 Å². The van der Waals surface area contributed by atoms with E-state index in [1.54, 1.807) is 38.3 Å². The second-order valence-electron chi connectivity index (χ2n) is 8.73. The van der Waals surface area contributed by atoms with Crippen molar-refractivity contribution in [1.29, 1.82) is 5.26 Å². The second kappa shape index (κ2) is 13.5. The monoisotopic (exact) mass is 545 g/mol. The summed E-state index contributed by atoms with van der Waals surface area (Å²) < 4.78 is 17.0. The Morgan fingerprint density at radius 2 is 1.76 bits per heavy atom. The van der Waals surface area contributed by atoms with Crippen molar-refractivity contribution in [1.82, 2.24) is 9.80 Å². The molecule has 0 aromatic heterocycles. The van der Waals surface area contributed by atoms with Gasteiger partial charge in [0.05, 0.1) is 59.6 Å². The zero-order chi connectivity index (χ0) is 26.9. The molecule has 0 saturated carbocycles. The van der Waals surface area contributed by atoms with Crippen molar-refractivity contribution in [2.75, 3.05) is 65.9 Å². The highest BCUT2D eigenvalue weighted by Crippen LogP contribution is 2.41. The fourth-order valence-electron chi connectivity index (χ4n) is 4.03. The van der Waals surface area contributed by atoms with Crippen molar-refractivity contribution in [3.05, 3.63) is 45.4 Å². The maximum absolute atomic E-state index is 9.73. The Balaban J connectivity index is 1.84. The molecule has 10 heteroatoms. The number of likely N-dealkylation sites (N-methyl/N-ethyl adjacent to an activating group) is 1. The van der Waals surface area contributed by atoms with Crippen molar-refractivity contribution >= 4 is 47.0 Å². The first-order valence-electron chi connectivity index (χ1n) is 11.9. The van der Waals surface area contributed by atoms with E-state index in [4.69, 9.17) is 37.4 Å². The highest BCUT2D eigenvalue weighted by Gasteiger charge is 2.19. The highest BCUT2D eigenvalue weighted by molar-refractivity contribution is 6.37. The molecule has 0 radical (unpaired) electrons. The number of hydrogen-bond donors (Lipinski definition) is 1. The molecule has 37 heavy (non-hydrogen) atoms. The standard InChI is InChI=1S/C27H33Cl2N5O3/c1-18(17-30)27(32-23-16-24(35-4)21(29)14-20(23)28)19-13-25(36-5)26(15-22(19)31-2)37-12-6-7-34-10-8-33(3)9-11-34/h13-16,32H,2,6-12H2,1,3-5H3/b27-18-. The van der Waals surface area contributed by atoms with Crippen LogP contribution in [0, 0.1) is 11.3 Å². The van der Waals surface area contributed by atoms with Crippen LogP contribution in [0.15, 0.2) is 34.8 Å². The normalized spacial score (nSPS) is 14.9. The lowest BCUT2D eigenvalue weighted by Gasteiger charge is -2.32. The number of rotatable bonds is 11. The summed E-state index contributed by atoms with van der Waals surface area (Å²) in [6, 6.07) is 9.00. The van der Waals surface area contributed by atoms with E-state index in [9.17, 15) is 5.26 Å². The number of nitrogens with one attached hydrogen (secondary N) is 1. The molecule has 0 amide bonds. The first-order chi connectivity index (χ1) is 17.8. The molecule has 0 unspecified atom stereocenters. The molecule has 1 saturated heterocycles. The average Bonchev–Trinajstić information content (AvgIpc) is 2.91. The van der Waals surface area contributed by atoms with Crippen LogP contribution in [0.1, 0.15) is 18.9 Å². The number of nitriles is 1. The first kappa shape index (κ1) is 28.6.